The van der Waals surface area contributed by atoms with E-state index in [2.05, 4.69) is 35.1 Å². The molecule has 12 heteroatoms. The van der Waals surface area contributed by atoms with Crippen LogP contribution in [0.4, 0.5) is 0 Å². The smallest absolute Gasteiger partial charge is 0.328 e. The predicted molar refractivity (Wildman–Crippen MR) is 233 cm³/mol. The highest BCUT2D eigenvalue weighted by Gasteiger charge is 2.23. The molecule has 4 N–H and O–H groups in total. The average molecular weight is 823 g/mol. The zero-order valence-corrected chi connectivity index (χ0v) is 37.5. The highest BCUT2D eigenvalue weighted by atomic mass is 16.5. The molecule has 0 heterocycles. The molecular weight excluding hydrogens is 737 g/mol. The van der Waals surface area contributed by atoms with Gasteiger partial charge in [-0.3, -0.25) is 19.2 Å². The Bertz CT molecular complexity index is 990. The zero-order valence-electron chi connectivity index (χ0n) is 37.5. The van der Waals surface area contributed by atoms with Crippen molar-refractivity contribution in [2.24, 2.45) is 0 Å². The van der Waals surface area contributed by atoms with Gasteiger partial charge in [0.05, 0.1) is 13.2 Å². The van der Waals surface area contributed by atoms with Crippen molar-refractivity contribution >= 4 is 35.6 Å². The second-order valence-corrected chi connectivity index (χ2v) is 15.8. The van der Waals surface area contributed by atoms with Gasteiger partial charge < -0.3 is 30.7 Å². The molecule has 0 unspecified atom stereocenters. The van der Waals surface area contributed by atoms with Crippen molar-refractivity contribution in [1.29, 1.82) is 0 Å². The molecule has 4 amide bonds. The summed E-state index contributed by atoms with van der Waals surface area (Å²) in [4.78, 5) is 75.0. The molecule has 0 spiro atoms. The van der Waals surface area contributed by atoms with Crippen molar-refractivity contribution in [1.82, 2.24) is 21.3 Å². The van der Waals surface area contributed by atoms with Crippen LogP contribution in [0.3, 0.4) is 0 Å². The Morgan fingerprint density at radius 3 is 0.983 bits per heavy atom. The molecule has 0 rings (SSSR count). The number of hydrogen-bond acceptors (Lipinski definition) is 8. The van der Waals surface area contributed by atoms with E-state index in [4.69, 9.17) is 9.47 Å². The number of nitrogens with one attached hydrogen (secondary N) is 4. The molecular formula is C46H86N4O8. The Labute approximate surface area is 353 Å². The van der Waals surface area contributed by atoms with Crippen LogP contribution in [0.15, 0.2) is 0 Å². The SMILES string of the molecule is CCCCCCCCCCCC(=O)NCCCC[C@H](NC(=O)CCCCC(=O)N[C@@H](CCCCNC(=O)CCCCCCCCCCC)C(=O)OCC)C(=O)OCC. The molecule has 0 radical (unpaired) electrons. The lowest BCUT2D eigenvalue weighted by molar-refractivity contribution is -0.148. The molecule has 338 valence electrons. The van der Waals surface area contributed by atoms with Crippen molar-refractivity contribution in [2.45, 2.75) is 232 Å². The molecule has 0 aliphatic heterocycles. The Kier molecular flexibility index (Phi) is 38.4. The highest BCUT2D eigenvalue weighted by Crippen LogP contribution is 2.13. The Hall–Kier alpha value is -3.18. The van der Waals surface area contributed by atoms with Gasteiger partial charge in [-0.1, -0.05) is 117 Å². The lowest BCUT2D eigenvalue weighted by Crippen LogP contribution is -2.42. The normalized spacial score (nSPS) is 12.0. The second kappa shape index (κ2) is 40.6. The summed E-state index contributed by atoms with van der Waals surface area (Å²) >= 11 is 0. The average Bonchev–Trinajstić information content (AvgIpc) is 3.20. The summed E-state index contributed by atoms with van der Waals surface area (Å²) in [6.45, 7) is 9.35. The van der Waals surface area contributed by atoms with Crippen LogP contribution >= 0.6 is 0 Å². The summed E-state index contributed by atoms with van der Waals surface area (Å²) in [6.07, 6.45) is 27.5. The fourth-order valence-electron chi connectivity index (χ4n) is 6.86. The van der Waals surface area contributed by atoms with Gasteiger partial charge in [0.1, 0.15) is 12.1 Å². The van der Waals surface area contributed by atoms with Crippen molar-refractivity contribution in [2.75, 3.05) is 26.3 Å². The molecule has 12 nitrogen and oxygen atoms in total. The number of ether oxygens (including phenoxy) is 2. The first-order valence-electron chi connectivity index (χ1n) is 23.6. The molecule has 0 aromatic rings. The van der Waals surface area contributed by atoms with E-state index in [1.807, 2.05) is 0 Å². The fourth-order valence-corrected chi connectivity index (χ4v) is 6.86. The van der Waals surface area contributed by atoms with Crippen LogP contribution in [0.2, 0.25) is 0 Å². The fraction of sp³-hybridized carbons (Fsp3) is 0.870. The number of rotatable bonds is 41. The Morgan fingerprint density at radius 2 is 0.655 bits per heavy atom. The summed E-state index contributed by atoms with van der Waals surface area (Å²) in [5.74, 6) is -1.44. The van der Waals surface area contributed by atoms with Gasteiger partial charge >= 0.3 is 11.9 Å². The number of unbranched alkanes of at least 4 members (excludes halogenated alkanes) is 19. The molecule has 0 fully saturated rings. The lowest BCUT2D eigenvalue weighted by atomic mass is 10.1. The van der Waals surface area contributed by atoms with Crippen molar-refractivity contribution in [3.05, 3.63) is 0 Å². The quantitative estimate of drug-likeness (QED) is 0.0350. The minimum Gasteiger partial charge on any atom is -0.464 e. The second-order valence-electron chi connectivity index (χ2n) is 15.8. The van der Waals surface area contributed by atoms with E-state index in [9.17, 15) is 28.8 Å². The number of carbonyl (C=O) groups is 6. The topological polar surface area (TPSA) is 169 Å². The zero-order chi connectivity index (χ0) is 42.9. The van der Waals surface area contributed by atoms with Crippen LogP contribution < -0.4 is 21.3 Å². The molecule has 0 aromatic heterocycles. The van der Waals surface area contributed by atoms with Gasteiger partial charge in [0.15, 0.2) is 0 Å². The molecule has 58 heavy (non-hydrogen) atoms. The van der Waals surface area contributed by atoms with Gasteiger partial charge in [-0.25, -0.2) is 9.59 Å². The van der Waals surface area contributed by atoms with Crippen molar-refractivity contribution in [3.63, 3.8) is 0 Å². The van der Waals surface area contributed by atoms with Gasteiger partial charge in [0.25, 0.3) is 0 Å². The summed E-state index contributed by atoms with van der Waals surface area (Å²) in [5, 5.41) is 11.5. The predicted octanol–water partition coefficient (Wildman–Crippen LogP) is 9.06. The van der Waals surface area contributed by atoms with Crippen LogP contribution in [0.1, 0.15) is 220 Å². The maximum absolute atomic E-state index is 12.7. The third kappa shape index (κ3) is 34.8. The Balaban J connectivity index is 4.33. The third-order valence-electron chi connectivity index (χ3n) is 10.4. The minimum atomic E-state index is -0.771. The number of carbonyl (C=O) groups excluding carboxylic acids is 6. The van der Waals surface area contributed by atoms with Crippen LogP contribution in [-0.2, 0) is 38.2 Å². The van der Waals surface area contributed by atoms with Crippen molar-refractivity contribution in [3.8, 4) is 0 Å². The first-order chi connectivity index (χ1) is 28.2. The van der Waals surface area contributed by atoms with E-state index in [0.29, 0.717) is 77.3 Å². The number of amides is 4. The first-order valence-corrected chi connectivity index (χ1v) is 23.6. The maximum atomic E-state index is 12.7. The van der Waals surface area contributed by atoms with Crippen LogP contribution in [0.25, 0.3) is 0 Å². The van der Waals surface area contributed by atoms with Gasteiger partial charge in [0.2, 0.25) is 23.6 Å². The van der Waals surface area contributed by atoms with E-state index < -0.39 is 24.0 Å². The molecule has 2 atom stereocenters. The first kappa shape index (κ1) is 54.8. The molecule has 0 saturated heterocycles. The monoisotopic (exact) mass is 823 g/mol. The molecule has 0 aliphatic carbocycles. The van der Waals surface area contributed by atoms with E-state index in [1.165, 1.54) is 89.9 Å². The summed E-state index contributed by atoms with van der Waals surface area (Å²) < 4.78 is 10.4. The van der Waals surface area contributed by atoms with Gasteiger partial charge in [-0.2, -0.15) is 0 Å². The molecule has 0 aromatic carbocycles. The summed E-state index contributed by atoms with van der Waals surface area (Å²) in [5.41, 5.74) is 0. The molecule has 0 aliphatic rings. The van der Waals surface area contributed by atoms with Gasteiger partial charge in [-0.15, -0.1) is 0 Å². The minimum absolute atomic E-state index is 0.0554. The van der Waals surface area contributed by atoms with E-state index in [0.717, 1.165) is 25.7 Å². The third-order valence-corrected chi connectivity index (χ3v) is 10.4. The van der Waals surface area contributed by atoms with E-state index in [-0.39, 0.29) is 49.7 Å². The van der Waals surface area contributed by atoms with Crippen LogP contribution in [0, 0.1) is 0 Å². The van der Waals surface area contributed by atoms with E-state index >= 15 is 0 Å². The van der Waals surface area contributed by atoms with E-state index in [1.54, 1.807) is 13.8 Å². The maximum Gasteiger partial charge on any atom is 0.328 e. The van der Waals surface area contributed by atoms with Crippen LogP contribution in [0.5, 0.6) is 0 Å². The molecule has 0 bridgehead atoms. The summed E-state index contributed by atoms with van der Waals surface area (Å²) in [7, 11) is 0. The van der Waals surface area contributed by atoms with Crippen molar-refractivity contribution < 1.29 is 38.2 Å². The van der Waals surface area contributed by atoms with Crippen LogP contribution in [-0.4, -0.2) is 74.0 Å². The number of hydrogen-bond donors (Lipinski definition) is 4. The van der Waals surface area contributed by atoms with Gasteiger partial charge in [-0.05, 0) is 78.1 Å². The standard InChI is InChI=1S/C46H86N4O8/c1-5-9-11-13-15-17-19-21-23-33-41(51)47-37-29-27-31-39(45(55)57-7-3)49-43(53)35-25-26-36-44(54)50-40(46(56)58-8-4)32-28-30-38-48-42(52)34-24-22-20-18-16-14-12-10-6-2/h39-40H,5-38H2,1-4H3,(H,47,51)(H,48,52)(H,49,53)(H,50,54)/t39-,40-/m0/s1. The highest BCUT2D eigenvalue weighted by molar-refractivity contribution is 5.85. The lowest BCUT2D eigenvalue weighted by Gasteiger charge is -2.18. The van der Waals surface area contributed by atoms with Gasteiger partial charge in [0, 0.05) is 38.8 Å². The molecule has 0 saturated carbocycles. The largest absolute Gasteiger partial charge is 0.464 e. The Morgan fingerprint density at radius 1 is 0.362 bits per heavy atom. The number of esters is 2. The summed E-state index contributed by atoms with van der Waals surface area (Å²) in [6, 6.07) is -1.54.